The number of carboxylic acid groups (broad SMARTS) is 1. The Balaban J connectivity index is 1.89. The molecular weight excluding hydrogens is 298 g/mol. The number of aromatic carboxylic acids is 1. The third-order valence-corrected chi connectivity index (χ3v) is 3.52. The molecule has 1 saturated heterocycles. The van der Waals surface area contributed by atoms with Gasteiger partial charge in [0.25, 0.3) is 0 Å². The number of carbonyl (C=O) groups is 1. The molecule has 1 aromatic heterocycles. The zero-order chi connectivity index (χ0) is 16.1. The highest BCUT2D eigenvalue weighted by molar-refractivity contribution is 5.90. The highest BCUT2D eigenvalue weighted by atomic mass is 16.5. The Bertz CT molecular complexity index is 672. The van der Waals surface area contributed by atoms with Gasteiger partial charge in [-0.25, -0.2) is 14.8 Å². The summed E-state index contributed by atoms with van der Waals surface area (Å²) in [7, 11) is 0. The number of hydrogen-bond donors (Lipinski definition) is 1. The first-order valence-electron chi connectivity index (χ1n) is 7.33. The maximum Gasteiger partial charge on any atom is 0.358 e. The van der Waals surface area contributed by atoms with Crippen LogP contribution in [0.1, 0.15) is 16.1 Å². The minimum absolute atomic E-state index is 0.127. The molecule has 2 aromatic rings. The van der Waals surface area contributed by atoms with Crippen molar-refractivity contribution >= 4 is 11.8 Å². The normalized spacial score (nSPS) is 14.5. The molecule has 7 nitrogen and oxygen atoms in total. The Labute approximate surface area is 133 Å². The smallest absolute Gasteiger partial charge is 0.358 e. The van der Waals surface area contributed by atoms with Crippen LogP contribution in [-0.4, -0.2) is 47.3 Å². The summed E-state index contributed by atoms with van der Waals surface area (Å²) >= 11 is 0. The van der Waals surface area contributed by atoms with E-state index in [9.17, 15) is 9.90 Å². The average Bonchev–Trinajstić information content (AvgIpc) is 2.61. The molecule has 120 valence electrons. The average molecular weight is 315 g/mol. The number of rotatable bonds is 5. The zero-order valence-electron chi connectivity index (χ0n) is 12.5. The quantitative estimate of drug-likeness (QED) is 0.896. The first-order valence-corrected chi connectivity index (χ1v) is 7.33. The third kappa shape index (κ3) is 3.57. The van der Waals surface area contributed by atoms with E-state index in [4.69, 9.17) is 9.47 Å². The van der Waals surface area contributed by atoms with E-state index in [0.29, 0.717) is 32.1 Å². The minimum Gasteiger partial charge on any atom is -0.483 e. The van der Waals surface area contributed by atoms with Crippen molar-refractivity contribution in [2.75, 3.05) is 31.2 Å². The summed E-state index contributed by atoms with van der Waals surface area (Å²) < 4.78 is 11.1. The Hall–Kier alpha value is -2.67. The van der Waals surface area contributed by atoms with Crippen molar-refractivity contribution in [2.45, 2.75) is 6.61 Å². The lowest BCUT2D eigenvalue weighted by Gasteiger charge is -2.29. The van der Waals surface area contributed by atoms with Gasteiger partial charge in [-0.05, 0) is 5.56 Å². The van der Waals surface area contributed by atoms with Gasteiger partial charge >= 0.3 is 5.97 Å². The van der Waals surface area contributed by atoms with Gasteiger partial charge in [-0.1, -0.05) is 30.3 Å². The molecule has 0 unspecified atom stereocenters. The summed E-state index contributed by atoms with van der Waals surface area (Å²) in [5, 5.41) is 9.37. The summed E-state index contributed by atoms with van der Waals surface area (Å²) in [5.74, 6) is -0.438. The molecule has 0 atom stereocenters. The van der Waals surface area contributed by atoms with Gasteiger partial charge in [0, 0.05) is 13.1 Å². The number of anilines is 1. The van der Waals surface area contributed by atoms with Crippen LogP contribution in [-0.2, 0) is 11.3 Å². The molecular formula is C16H17N3O4. The molecule has 1 fully saturated rings. The van der Waals surface area contributed by atoms with Gasteiger partial charge in [0.1, 0.15) is 12.9 Å². The molecule has 0 spiro atoms. The molecule has 2 heterocycles. The second-order valence-corrected chi connectivity index (χ2v) is 5.05. The Kier molecular flexibility index (Phi) is 4.68. The lowest BCUT2D eigenvalue weighted by molar-refractivity contribution is 0.0684. The van der Waals surface area contributed by atoms with Crippen LogP contribution in [0.2, 0.25) is 0 Å². The fourth-order valence-electron chi connectivity index (χ4n) is 2.38. The van der Waals surface area contributed by atoms with Gasteiger partial charge in [0.05, 0.1) is 13.2 Å². The Morgan fingerprint density at radius 2 is 1.96 bits per heavy atom. The fourth-order valence-corrected chi connectivity index (χ4v) is 2.38. The van der Waals surface area contributed by atoms with Crippen molar-refractivity contribution in [1.82, 2.24) is 9.97 Å². The van der Waals surface area contributed by atoms with Crippen LogP contribution in [0.15, 0.2) is 36.7 Å². The summed E-state index contributed by atoms with van der Waals surface area (Å²) in [4.78, 5) is 21.5. The Morgan fingerprint density at radius 3 is 2.65 bits per heavy atom. The SMILES string of the molecule is O=C(O)c1ncnc(N2CCOCC2)c1OCc1ccccc1. The van der Waals surface area contributed by atoms with Crippen LogP contribution in [0, 0.1) is 0 Å². The molecule has 0 saturated carbocycles. The van der Waals surface area contributed by atoms with Gasteiger partial charge in [-0.3, -0.25) is 0 Å². The molecule has 7 heteroatoms. The van der Waals surface area contributed by atoms with E-state index in [1.54, 1.807) is 0 Å². The molecule has 0 bridgehead atoms. The first kappa shape index (κ1) is 15.2. The van der Waals surface area contributed by atoms with E-state index in [-0.39, 0.29) is 18.1 Å². The molecule has 1 aromatic carbocycles. The number of ether oxygens (including phenoxy) is 2. The van der Waals surface area contributed by atoms with Gasteiger partial charge < -0.3 is 19.5 Å². The first-order chi connectivity index (χ1) is 11.3. The zero-order valence-corrected chi connectivity index (χ0v) is 12.5. The Morgan fingerprint density at radius 1 is 1.22 bits per heavy atom. The maximum absolute atomic E-state index is 11.5. The largest absolute Gasteiger partial charge is 0.483 e. The molecule has 23 heavy (non-hydrogen) atoms. The van der Waals surface area contributed by atoms with Crippen molar-refractivity contribution in [1.29, 1.82) is 0 Å². The fraction of sp³-hybridized carbons (Fsp3) is 0.312. The molecule has 0 aliphatic carbocycles. The standard InChI is InChI=1S/C16H17N3O4/c20-16(21)13-14(23-10-12-4-2-1-3-5-12)15(18-11-17-13)19-6-8-22-9-7-19/h1-5,11H,6-10H2,(H,20,21). The van der Waals surface area contributed by atoms with Crippen LogP contribution >= 0.6 is 0 Å². The van der Waals surface area contributed by atoms with E-state index < -0.39 is 5.97 Å². The number of morpholine rings is 1. The maximum atomic E-state index is 11.5. The van der Waals surface area contributed by atoms with Crippen LogP contribution in [0.25, 0.3) is 0 Å². The van der Waals surface area contributed by atoms with Crippen LogP contribution in [0.3, 0.4) is 0 Å². The van der Waals surface area contributed by atoms with Crippen LogP contribution < -0.4 is 9.64 Å². The van der Waals surface area contributed by atoms with Crippen LogP contribution in [0.5, 0.6) is 5.75 Å². The molecule has 1 aliphatic rings. The van der Waals surface area contributed by atoms with E-state index >= 15 is 0 Å². The van der Waals surface area contributed by atoms with Gasteiger partial charge in [0.15, 0.2) is 17.3 Å². The van der Waals surface area contributed by atoms with Crippen molar-refractivity contribution in [2.24, 2.45) is 0 Å². The molecule has 1 N–H and O–H groups in total. The number of carboxylic acids is 1. The predicted octanol–water partition coefficient (Wildman–Crippen LogP) is 1.59. The van der Waals surface area contributed by atoms with Gasteiger partial charge in [-0.15, -0.1) is 0 Å². The monoisotopic (exact) mass is 315 g/mol. The molecule has 3 rings (SSSR count). The number of benzene rings is 1. The lowest BCUT2D eigenvalue weighted by Crippen LogP contribution is -2.37. The highest BCUT2D eigenvalue weighted by Gasteiger charge is 2.24. The van der Waals surface area contributed by atoms with E-state index in [0.717, 1.165) is 5.56 Å². The summed E-state index contributed by atoms with van der Waals surface area (Å²) in [6.07, 6.45) is 1.25. The number of aromatic nitrogens is 2. The van der Waals surface area contributed by atoms with E-state index in [1.165, 1.54) is 6.33 Å². The predicted molar refractivity (Wildman–Crippen MR) is 82.8 cm³/mol. The van der Waals surface area contributed by atoms with Gasteiger partial charge in [0.2, 0.25) is 0 Å². The van der Waals surface area contributed by atoms with E-state index in [2.05, 4.69) is 9.97 Å². The lowest BCUT2D eigenvalue weighted by atomic mass is 10.2. The third-order valence-electron chi connectivity index (χ3n) is 3.52. The van der Waals surface area contributed by atoms with Crippen molar-refractivity contribution < 1.29 is 19.4 Å². The molecule has 1 aliphatic heterocycles. The second-order valence-electron chi connectivity index (χ2n) is 5.05. The second kappa shape index (κ2) is 7.06. The number of hydrogen-bond acceptors (Lipinski definition) is 6. The molecule has 0 radical (unpaired) electrons. The highest BCUT2D eigenvalue weighted by Crippen LogP contribution is 2.30. The van der Waals surface area contributed by atoms with E-state index in [1.807, 2.05) is 35.2 Å². The summed E-state index contributed by atoms with van der Waals surface area (Å²) in [5.41, 5.74) is 0.818. The molecule has 0 amide bonds. The summed E-state index contributed by atoms with van der Waals surface area (Å²) in [6.45, 7) is 2.68. The van der Waals surface area contributed by atoms with Crippen molar-refractivity contribution in [3.05, 3.63) is 47.9 Å². The summed E-state index contributed by atoms with van der Waals surface area (Å²) in [6, 6.07) is 9.55. The number of nitrogens with zero attached hydrogens (tertiary/aromatic N) is 3. The van der Waals surface area contributed by atoms with Crippen LogP contribution in [0.4, 0.5) is 5.82 Å². The topological polar surface area (TPSA) is 84.8 Å². The van der Waals surface area contributed by atoms with Crippen molar-refractivity contribution in [3.8, 4) is 5.75 Å². The minimum atomic E-state index is -1.13. The van der Waals surface area contributed by atoms with Crippen molar-refractivity contribution in [3.63, 3.8) is 0 Å². The van der Waals surface area contributed by atoms with Gasteiger partial charge in [-0.2, -0.15) is 0 Å².